The molecule has 1 aliphatic heterocycles. The Morgan fingerprint density at radius 3 is 2.40 bits per heavy atom. The van der Waals surface area contributed by atoms with Crippen LogP contribution >= 0.6 is 0 Å². The molecule has 0 radical (unpaired) electrons. The van der Waals surface area contributed by atoms with Crippen LogP contribution in [-0.2, 0) is 4.74 Å². The van der Waals surface area contributed by atoms with Gasteiger partial charge in [0.05, 0.1) is 24.2 Å². The number of aliphatic hydroxyl groups is 1. The Kier molecular flexibility index (Phi) is 3.74. The molecule has 1 aromatic rings. The fraction of sp³-hybridized carbons (Fsp3) is 0.200. The lowest BCUT2D eigenvalue weighted by atomic mass is 9.83. The Balaban J connectivity index is 2.56. The van der Waals surface area contributed by atoms with Crippen molar-refractivity contribution in [2.45, 2.75) is 12.8 Å². The van der Waals surface area contributed by atoms with Crippen LogP contribution in [0.15, 0.2) is 47.1 Å². The summed E-state index contributed by atoms with van der Waals surface area (Å²) < 4.78 is 5.29. The summed E-state index contributed by atoms with van der Waals surface area (Å²) in [5.74, 6) is 0.112. The van der Waals surface area contributed by atoms with Crippen molar-refractivity contribution in [3.63, 3.8) is 0 Å². The van der Waals surface area contributed by atoms with Gasteiger partial charge in [-0.25, -0.2) is 0 Å². The van der Waals surface area contributed by atoms with Gasteiger partial charge in [-0.2, -0.15) is 10.5 Å². The number of nitrogens with zero attached hydrogens (tertiary/aromatic N) is 2. The molecule has 0 saturated carbocycles. The summed E-state index contributed by atoms with van der Waals surface area (Å²) in [5, 5.41) is 27.6. The van der Waals surface area contributed by atoms with Crippen molar-refractivity contribution in [3.05, 3.63) is 58.2 Å². The van der Waals surface area contributed by atoms with E-state index < -0.39 is 5.92 Å². The van der Waals surface area contributed by atoms with Crippen molar-refractivity contribution in [1.29, 1.82) is 10.5 Å². The summed E-state index contributed by atoms with van der Waals surface area (Å²) in [6, 6.07) is 10.9. The minimum atomic E-state index is -0.438. The van der Waals surface area contributed by atoms with Crippen LogP contribution in [0.3, 0.4) is 0 Å². The van der Waals surface area contributed by atoms with Gasteiger partial charge in [0, 0.05) is 5.57 Å². The predicted molar refractivity (Wildman–Crippen MR) is 71.6 cm³/mol. The third kappa shape index (κ3) is 2.23. The van der Waals surface area contributed by atoms with E-state index in [-0.39, 0.29) is 18.1 Å². The number of hydrogen-bond donors (Lipinski definition) is 2. The number of allylic oxidation sites excluding steroid dienone is 2. The van der Waals surface area contributed by atoms with Crippen LogP contribution in [0.1, 0.15) is 24.0 Å². The Bertz CT molecular complexity index is 673. The van der Waals surface area contributed by atoms with Crippen LogP contribution in [0.5, 0.6) is 0 Å². The van der Waals surface area contributed by atoms with Crippen LogP contribution in [0.25, 0.3) is 0 Å². The van der Waals surface area contributed by atoms with Gasteiger partial charge in [0.15, 0.2) is 0 Å². The number of nitrogens with two attached hydrogens (primary N) is 1. The van der Waals surface area contributed by atoms with Crippen LogP contribution in [0.4, 0.5) is 0 Å². The van der Waals surface area contributed by atoms with Gasteiger partial charge in [-0.1, -0.05) is 12.1 Å². The average molecular weight is 267 g/mol. The van der Waals surface area contributed by atoms with E-state index in [2.05, 4.69) is 0 Å². The smallest absolute Gasteiger partial charge is 0.205 e. The number of benzene rings is 1. The van der Waals surface area contributed by atoms with Crippen molar-refractivity contribution in [2.75, 3.05) is 6.61 Å². The highest BCUT2D eigenvalue weighted by atomic mass is 16.5. The summed E-state index contributed by atoms with van der Waals surface area (Å²) >= 11 is 0. The van der Waals surface area contributed by atoms with E-state index in [4.69, 9.17) is 15.7 Å². The second kappa shape index (κ2) is 5.48. The van der Waals surface area contributed by atoms with Gasteiger partial charge in [-0.3, -0.25) is 0 Å². The maximum absolute atomic E-state index is 9.53. The molecule has 1 aromatic carbocycles. The SMILES string of the molecule is CC1=C(CO)[C@H](c2ccc(C#N)cc2)C(C#N)=C(N)O1. The molecule has 2 rings (SSSR count). The molecule has 100 valence electrons. The summed E-state index contributed by atoms with van der Waals surface area (Å²) in [5.41, 5.74) is 7.93. The molecule has 0 aromatic heterocycles. The van der Waals surface area contributed by atoms with E-state index in [1.54, 1.807) is 31.2 Å². The normalized spacial score (nSPS) is 18.3. The van der Waals surface area contributed by atoms with Gasteiger partial charge in [-0.05, 0) is 24.6 Å². The van der Waals surface area contributed by atoms with Gasteiger partial charge in [0.25, 0.3) is 0 Å². The molecule has 1 heterocycles. The molecule has 0 amide bonds. The first-order valence-electron chi connectivity index (χ1n) is 6.00. The molecule has 5 nitrogen and oxygen atoms in total. The molecule has 0 aliphatic carbocycles. The number of ether oxygens (including phenoxy) is 1. The summed E-state index contributed by atoms with van der Waals surface area (Å²) in [6.07, 6.45) is 0. The van der Waals surface area contributed by atoms with Crippen molar-refractivity contribution < 1.29 is 9.84 Å². The van der Waals surface area contributed by atoms with Crippen LogP contribution in [-0.4, -0.2) is 11.7 Å². The lowest BCUT2D eigenvalue weighted by molar-refractivity contribution is 0.255. The van der Waals surface area contributed by atoms with Crippen molar-refractivity contribution in [1.82, 2.24) is 0 Å². The Labute approximate surface area is 116 Å². The highest BCUT2D eigenvalue weighted by Gasteiger charge is 2.30. The first-order valence-corrected chi connectivity index (χ1v) is 6.00. The minimum absolute atomic E-state index is 0.0524. The lowest BCUT2D eigenvalue weighted by Gasteiger charge is -2.27. The van der Waals surface area contributed by atoms with Crippen molar-refractivity contribution in [2.24, 2.45) is 5.73 Å². The van der Waals surface area contributed by atoms with E-state index >= 15 is 0 Å². The zero-order valence-electron chi connectivity index (χ0n) is 10.9. The zero-order valence-corrected chi connectivity index (χ0v) is 10.9. The van der Waals surface area contributed by atoms with E-state index in [1.807, 2.05) is 12.1 Å². The molecule has 1 atom stereocenters. The number of aliphatic hydroxyl groups excluding tert-OH is 1. The number of hydrogen-bond acceptors (Lipinski definition) is 5. The lowest BCUT2D eigenvalue weighted by Crippen LogP contribution is -2.21. The molecule has 0 saturated heterocycles. The maximum atomic E-state index is 9.53. The van der Waals surface area contributed by atoms with Gasteiger partial charge in [0.1, 0.15) is 17.4 Å². The molecule has 0 unspecified atom stereocenters. The van der Waals surface area contributed by atoms with Gasteiger partial charge >= 0.3 is 0 Å². The quantitative estimate of drug-likeness (QED) is 0.847. The predicted octanol–water partition coefficient (Wildman–Crippen LogP) is 1.63. The molecule has 0 bridgehead atoms. The van der Waals surface area contributed by atoms with E-state index in [9.17, 15) is 10.4 Å². The third-order valence-corrected chi connectivity index (χ3v) is 3.28. The molecule has 3 N–H and O–H groups in total. The Morgan fingerprint density at radius 2 is 1.90 bits per heavy atom. The largest absolute Gasteiger partial charge is 0.445 e. The monoisotopic (exact) mass is 267 g/mol. The molecule has 20 heavy (non-hydrogen) atoms. The van der Waals surface area contributed by atoms with Crippen molar-refractivity contribution >= 4 is 0 Å². The number of rotatable bonds is 2. The van der Waals surface area contributed by atoms with Crippen LogP contribution in [0.2, 0.25) is 0 Å². The molecular weight excluding hydrogens is 254 g/mol. The standard InChI is InChI=1S/C15H13N3O2/c1-9-13(8-19)14(12(7-17)15(18)20-9)11-4-2-10(6-16)3-5-11/h2-5,14,19H,8,18H2,1H3/t14-/m1/s1. The summed E-state index contributed by atoms with van der Waals surface area (Å²) in [7, 11) is 0. The van der Waals surface area contributed by atoms with Gasteiger partial charge in [-0.15, -0.1) is 0 Å². The van der Waals surface area contributed by atoms with E-state index in [0.29, 0.717) is 16.9 Å². The number of nitriles is 2. The summed E-state index contributed by atoms with van der Waals surface area (Å²) in [6.45, 7) is 1.47. The fourth-order valence-electron chi connectivity index (χ4n) is 2.25. The zero-order chi connectivity index (χ0) is 14.7. The van der Waals surface area contributed by atoms with Crippen LogP contribution in [0, 0.1) is 22.7 Å². The first kappa shape index (κ1) is 13.7. The maximum Gasteiger partial charge on any atom is 0.205 e. The molecule has 5 heteroatoms. The third-order valence-electron chi connectivity index (χ3n) is 3.28. The second-order valence-corrected chi connectivity index (χ2v) is 4.40. The Hall–Kier alpha value is -2.76. The average Bonchev–Trinajstić information content (AvgIpc) is 2.46. The van der Waals surface area contributed by atoms with E-state index in [1.165, 1.54) is 0 Å². The molecular formula is C15H13N3O2. The second-order valence-electron chi connectivity index (χ2n) is 4.40. The van der Waals surface area contributed by atoms with Crippen molar-refractivity contribution in [3.8, 4) is 12.1 Å². The minimum Gasteiger partial charge on any atom is -0.445 e. The highest BCUT2D eigenvalue weighted by molar-refractivity contribution is 5.49. The Morgan fingerprint density at radius 1 is 1.25 bits per heavy atom. The van der Waals surface area contributed by atoms with Gasteiger partial charge in [0.2, 0.25) is 5.88 Å². The van der Waals surface area contributed by atoms with E-state index in [0.717, 1.165) is 5.56 Å². The molecule has 0 fully saturated rings. The molecule has 1 aliphatic rings. The topological polar surface area (TPSA) is 103 Å². The summed E-state index contributed by atoms with van der Waals surface area (Å²) in [4.78, 5) is 0. The fourth-order valence-corrected chi connectivity index (χ4v) is 2.25. The first-order chi connectivity index (χ1) is 9.62. The van der Waals surface area contributed by atoms with Gasteiger partial charge < -0.3 is 15.6 Å². The highest BCUT2D eigenvalue weighted by Crippen LogP contribution is 2.38. The molecule has 0 spiro atoms. The van der Waals surface area contributed by atoms with Crippen LogP contribution < -0.4 is 5.73 Å².